The second kappa shape index (κ2) is 9.69. The molecule has 0 saturated heterocycles. The number of rotatable bonds is 2. The van der Waals surface area contributed by atoms with Crippen LogP contribution in [0.5, 0.6) is 0 Å². The van der Waals surface area contributed by atoms with Crippen LogP contribution in [0.2, 0.25) is 0 Å². The first kappa shape index (κ1) is 26.7. The minimum atomic E-state index is 1.18. The Morgan fingerprint density at radius 3 is 1.70 bits per heavy atom. The van der Waals surface area contributed by atoms with Gasteiger partial charge in [-0.05, 0) is 59.3 Å². The first-order valence-electron chi connectivity index (χ1n) is 17.1. The van der Waals surface area contributed by atoms with Crippen LogP contribution in [0.1, 0.15) is 0 Å². The fourth-order valence-corrected chi connectivity index (χ4v) is 9.92. The van der Waals surface area contributed by atoms with Crippen molar-refractivity contribution in [3.8, 4) is 17.1 Å². The van der Waals surface area contributed by atoms with Crippen molar-refractivity contribution in [1.82, 2.24) is 13.7 Å². The van der Waals surface area contributed by atoms with Gasteiger partial charge in [0.2, 0.25) is 0 Å². The van der Waals surface area contributed by atoms with Crippen molar-refractivity contribution in [3.63, 3.8) is 0 Å². The van der Waals surface area contributed by atoms with E-state index in [1.807, 2.05) is 11.8 Å². The first-order chi connectivity index (χ1) is 24.8. The maximum atomic E-state index is 2.52. The molecule has 0 bridgehead atoms. The summed E-state index contributed by atoms with van der Waals surface area (Å²) in [4.78, 5) is 2.58. The summed E-state index contributed by atoms with van der Waals surface area (Å²) in [5.74, 6) is 0. The lowest BCUT2D eigenvalue weighted by Gasteiger charge is -2.21. The lowest BCUT2D eigenvalue weighted by molar-refractivity contribution is 1.03. The molecule has 0 spiro atoms. The van der Waals surface area contributed by atoms with Gasteiger partial charge in [0.05, 0.1) is 39.1 Å². The molecule has 4 heterocycles. The lowest BCUT2D eigenvalue weighted by atomic mass is 10.0. The molecule has 50 heavy (non-hydrogen) atoms. The Balaban J connectivity index is 1.23. The number of para-hydroxylation sites is 4. The van der Waals surface area contributed by atoms with E-state index >= 15 is 0 Å². The minimum Gasteiger partial charge on any atom is -0.309 e. The van der Waals surface area contributed by atoms with Crippen LogP contribution < -0.4 is 0 Å². The molecule has 3 aromatic heterocycles. The summed E-state index contributed by atoms with van der Waals surface area (Å²) in [5, 5.41) is 11.4. The van der Waals surface area contributed by atoms with E-state index < -0.39 is 0 Å². The van der Waals surface area contributed by atoms with Gasteiger partial charge in [0, 0.05) is 47.5 Å². The predicted molar refractivity (Wildman–Crippen MR) is 211 cm³/mol. The fraction of sp³-hybridized carbons (Fsp3) is 0. The van der Waals surface area contributed by atoms with Gasteiger partial charge in [0.25, 0.3) is 0 Å². The summed E-state index contributed by atoms with van der Waals surface area (Å²) >= 11 is 1.87. The highest BCUT2D eigenvalue weighted by molar-refractivity contribution is 7.99. The third-order valence-electron chi connectivity index (χ3n) is 10.8. The molecule has 4 heteroatoms. The van der Waals surface area contributed by atoms with Crippen molar-refractivity contribution < 1.29 is 0 Å². The van der Waals surface area contributed by atoms with Gasteiger partial charge in [-0.2, -0.15) is 0 Å². The van der Waals surface area contributed by atoms with Crippen LogP contribution in [0.4, 0.5) is 0 Å². The highest BCUT2D eigenvalue weighted by atomic mass is 32.2. The molecule has 1 aliphatic rings. The second-order valence-corrected chi connectivity index (χ2v) is 14.4. The zero-order valence-corrected chi connectivity index (χ0v) is 27.7. The van der Waals surface area contributed by atoms with E-state index in [0.29, 0.717) is 0 Å². The van der Waals surface area contributed by atoms with Gasteiger partial charge < -0.3 is 4.57 Å². The molecule has 0 unspecified atom stereocenters. The lowest BCUT2D eigenvalue weighted by Crippen LogP contribution is -2.06. The zero-order valence-electron chi connectivity index (χ0n) is 26.8. The topological polar surface area (TPSA) is 14.8 Å². The standard InChI is InChI=1S/C46H27N3S/c1-2-13-29-28(12-1)24-25-40-43(29)32-16-5-7-19-35(32)47(40)37-26-27-38(31-15-4-3-14-30(31)37)48-36-20-8-6-17-33(36)44-34-18-11-23-42-45(34)49(46(44)48)39-21-9-10-22-41(39)50-42/h1-27H. The largest absolute Gasteiger partial charge is 0.309 e. The quantitative estimate of drug-likeness (QED) is 0.181. The molecule has 3 nitrogen and oxygen atoms in total. The van der Waals surface area contributed by atoms with E-state index in [-0.39, 0.29) is 0 Å². The summed E-state index contributed by atoms with van der Waals surface area (Å²) in [7, 11) is 0. The Bertz CT molecular complexity index is 3250. The summed E-state index contributed by atoms with van der Waals surface area (Å²) < 4.78 is 7.51. The van der Waals surface area contributed by atoms with Crippen molar-refractivity contribution in [2.45, 2.75) is 9.79 Å². The molecule has 0 saturated carbocycles. The van der Waals surface area contributed by atoms with E-state index in [1.165, 1.54) is 103 Å². The summed E-state index contributed by atoms with van der Waals surface area (Å²) in [5.41, 5.74) is 9.75. The van der Waals surface area contributed by atoms with Gasteiger partial charge >= 0.3 is 0 Å². The Kier molecular flexibility index (Phi) is 5.17. The van der Waals surface area contributed by atoms with Crippen LogP contribution in [-0.2, 0) is 0 Å². The average molecular weight is 654 g/mol. The Hall–Kier alpha value is -6.23. The van der Waals surface area contributed by atoms with E-state index in [1.54, 1.807) is 0 Å². The first-order valence-corrected chi connectivity index (χ1v) is 17.9. The SMILES string of the molecule is c1ccc2c(c1)Sc1cccc3c4c5ccccc5n(-c5ccc(-n6c7ccccc7c7c8ccccc8ccc76)c6ccccc56)c4n-2c13. The van der Waals surface area contributed by atoms with Crippen molar-refractivity contribution >= 4 is 88.0 Å². The Morgan fingerprint density at radius 1 is 0.320 bits per heavy atom. The molecule has 12 rings (SSSR count). The van der Waals surface area contributed by atoms with Crippen molar-refractivity contribution in [3.05, 3.63) is 164 Å². The molecule has 0 radical (unpaired) electrons. The zero-order chi connectivity index (χ0) is 32.5. The molecule has 232 valence electrons. The van der Waals surface area contributed by atoms with E-state index in [2.05, 4.69) is 177 Å². The van der Waals surface area contributed by atoms with Gasteiger partial charge in [-0.3, -0.25) is 9.13 Å². The van der Waals surface area contributed by atoms with E-state index in [0.717, 1.165) is 0 Å². The predicted octanol–water partition coefficient (Wildman–Crippen LogP) is 12.6. The van der Waals surface area contributed by atoms with Crippen LogP contribution in [-0.4, -0.2) is 13.7 Å². The van der Waals surface area contributed by atoms with Crippen molar-refractivity contribution in [2.75, 3.05) is 0 Å². The number of aromatic nitrogens is 3. The third-order valence-corrected chi connectivity index (χ3v) is 11.9. The molecule has 8 aromatic carbocycles. The summed E-state index contributed by atoms with van der Waals surface area (Å²) in [6.45, 7) is 0. The van der Waals surface area contributed by atoms with Gasteiger partial charge in [-0.1, -0.05) is 127 Å². The summed E-state index contributed by atoms with van der Waals surface area (Å²) in [6, 6.07) is 60.3. The molecular weight excluding hydrogens is 627 g/mol. The van der Waals surface area contributed by atoms with Gasteiger partial charge in [-0.15, -0.1) is 0 Å². The van der Waals surface area contributed by atoms with Crippen molar-refractivity contribution in [1.29, 1.82) is 0 Å². The van der Waals surface area contributed by atoms with Gasteiger partial charge in [0.15, 0.2) is 0 Å². The van der Waals surface area contributed by atoms with Gasteiger partial charge in [-0.25, -0.2) is 0 Å². The monoisotopic (exact) mass is 653 g/mol. The van der Waals surface area contributed by atoms with Crippen LogP contribution in [0, 0.1) is 0 Å². The van der Waals surface area contributed by atoms with Crippen LogP contribution in [0.15, 0.2) is 174 Å². The second-order valence-electron chi connectivity index (χ2n) is 13.3. The third kappa shape index (κ3) is 3.31. The maximum absolute atomic E-state index is 2.52. The number of benzene rings is 8. The molecule has 1 aliphatic heterocycles. The molecular formula is C46H27N3S. The smallest absolute Gasteiger partial charge is 0.131 e. The summed E-state index contributed by atoms with van der Waals surface area (Å²) in [6.07, 6.45) is 0. The van der Waals surface area contributed by atoms with E-state index in [4.69, 9.17) is 0 Å². The van der Waals surface area contributed by atoms with Gasteiger partial charge in [0.1, 0.15) is 5.65 Å². The average Bonchev–Trinajstić information content (AvgIpc) is 3.82. The van der Waals surface area contributed by atoms with Crippen LogP contribution >= 0.6 is 11.8 Å². The highest BCUT2D eigenvalue weighted by Gasteiger charge is 2.28. The number of hydrogen-bond donors (Lipinski definition) is 0. The maximum Gasteiger partial charge on any atom is 0.131 e. The number of hydrogen-bond acceptors (Lipinski definition) is 1. The van der Waals surface area contributed by atoms with E-state index in [9.17, 15) is 0 Å². The molecule has 0 amide bonds. The molecule has 0 fully saturated rings. The molecule has 0 aliphatic carbocycles. The van der Waals surface area contributed by atoms with Crippen LogP contribution in [0.3, 0.4) is 0 Å². The fourth-order valence-electron chi connectivity index (χ4n) is 8.83. The number of nitrogens with zero attached hydrogens (tertiary/aromatic N) is 3. The Morgan fingerprint density at radius 2 is 0.900 bits per heavy atom. The normalized spacial score (nSPS) is 12.7. The molecule has 0 N–H and O–H groups in total. The highest BCUT2D eigenvalue weighted by Crippen LogP contribution is 2.50. The minimum absolute atomic E-state index is 1.18. The Labute approximate surface area is 291 Å². The number of fused-ring (bicyclic) bond motifs is 13. The van der Waals surface area contributed by atoms with Crippen molar-refractivity contribution in [2.24, 2.45) is 0 Å². The van der Waals surface area contributed by atoms with Crippen LogP contribution in [0.25, 0.3) is 93.3 Å². The molecule has 11 aromatic rings. The molecule has 0 atom stereocenters.